The van der Waals surface area contributed by atoms with Gasteiger partial charge < -0.3 is 10.5 Å². The van der Waals surface area contributed by atoms with Gasteiger partial charge in [-0.25, -0.2) is 9.78 Å². The molecular formula is C11H12ClN3O2. The third kappa shape index (κ3) is 2.06. The number of rotatable bonds is 2. The molecule has 2 rings (SSSR count). The van der Waals surface area contributed by atoms with E-state index < -0.39 is 11.7 Å². The third-order valence-corrected chi connectivity index (χ3v) is 2.73. The Kier molecular flexibility index (Phi) is 2.71. The minimum atomic E-state index is -0.914. The molecule has 0 aromatic carbocycles. The SMILES string of the molecule is CC(C)(OC(N)=O)c1ncc2c(Cl)cccn12. The molecule has 0 bridgehead atoms. The maximum atomic E-state index is 10.9. The number of pyridine rings is 1. The zero-order valence-electron chi connectivity index (χ0n) is 9.48. The number of carbonyl (C=O) groups is 1. The van der Waals surface area contributed by atoms with Crippen molar-refractivity contribution < 1.29 is 9.53 Å². The fourth-order valence-corrected chi connectivity index (χ4v) is 1.94. The normalized spacial score (nSPS) is 11.7. The van der Waals surface area contributed by atoms with Crippen molar-refractivity contribution in [3.63, 3.8) is 0 Å². The summed E-state index contributed by atoms with van der Waals surface area (Å²) >= 11 is 6.03. The fraction of sp³-hybridized carbons (Fsp3) is 0.273. The van der Waals surface area contributed by atoms with E-state index in [-0.39, 0.29) is 0 Å². The summed E-state index contributed by atoms with van der Waals surface area (Å²) in [6, 6.07) is 3.56. The summed E-state index contributed by atoms with van der Waals surface area (Å²) < 4.78 is 6.81. The Labute approximate surface area is 103 Å². The number of primary amides is 1. The van der Waals surface area contributed by atoms with E-state index >= 15 is 0 Å². The molecular weight excluding hydrogens is 242 g/mol. The summed E-state index contributed by atoms with van der Waals surface area (Å²) in [6.07, 6.45) is 2.59. The molecule has 2 N–H and O–H groups in total. The van der Waals surface area contributed by atoms with Gasteiger partial charge in [0, 0.05) is 6.20 Å². The van der Waals surface area contributed by atoms with Crippen LogP contribution in [0.4, 0.5) is 4.79 Å². The highest BCUT2D eigenvalue weighted by atomic mass is 35.5. The smallest absolute Gasteiger partial charge is 0.405 e. The molecule has 2 heterocycles. The van der Waals surface area contributed by atoms with E-state index in [1.807, 2.05) is 0 Å². The highest BCUT2D eigenvalue weighted by Crippen LogP contribution is 2.26. The molecule has 0 aliphatic carbocycles. The quantitative estimate of drug-likeness (QED) is 0.893. The van der Waals surface area contributed by atoms with Gasteiger partial charge in [0.15, 0.2) is 11.4 Å². The minimum absolute atomic E-state index is 0.564. The average Bonchev–Trinajstić information content (AvgIpc) is 2.61. The van der Waals surface area contributed by atoms with Crippen molar-refractivity contribution in [1.82, 2.24) is 9.38 Å². The second-order valence-electron chi connectivity index (χ2n) is 4.12. The van der Waals surface area contributed by atoms with E-state index in [1.54, 1.807) is 42.8 Å². The summed E-state index contributed by atoms with van der Waals surface area (Å²) in [6.45, 7) is 3.43. The molecule has 0 saturated heterocycles. The van der Waals surface area contributed by atoms with E-state index in [9.17, 15) is 4.79 Å². The van der Waals surface area contributed by atoms with Crippen molar-refractivity contribution in [3.8, 4) is 0 Å². The van der Waals surface area contributed by atoms with Crippen LogP contribution in [0.15, 0.2) is 24.5 Å². The second kappa shape index (κ2) is 3.92. The van der Waals surface area contributed by atoms with Crippen LogP contribution in [0.3, 0.4) is 0 Å². The van der Waals surface area contributed by atoms with Gasteiger partial charge in [0.2, 0.25) is 0 Å². The molecule has 2 aromatic heterocycles. The zero-order chi connectivity index (χ0) is 12.6. The first-order chi connectivity index (χ1) is 7.92. The van der Waals surface area contributed by atoms with Gasteiger partial charge in [-0.2, -0.15) is 0 Å². The Morgan fingerprint density at radius 1 is 1.59 bits per heavy atom. The number of nitrogens with zero attached hydrogens (tertiary/aromatic N) is 2. The molecule has 5 nitrogen and oxygen atoms in total. The van der Waals surface area contributed by atoms with Gasteiger partial charge in [0.1, 0.15) is 0 Å². The lowest BCUT2D eigenvalue weighted by Crippen LogP contribution is -2.30. The average molecular weight is 254 g/mol. The second-order valence-corrected chi connectivity index (χ2v) is 4.53. The molecule has 0 aliphatic rings. The summed E-state index contributed by atoms with van der Waals surface area (Å²) in [4.78, 5) is 15.1. The van der Waals surface area contributed by atoms with Gasteiger partial charge in [-0.3, -0.25) is 4.40 Å². The van der Waals surface area contributed by atoms with Gasteiger partial charge in [-0.05, 0) is 26.0 Å². The lowest BCUT2D eigenvalue weighted by molar-refractivity contribution is 0.0360. The van der Waals surface area contributed by atoms with Crippen LogP contribution >= 0.6 is 11.6 Å². The van der Waals surface area contributed by atoms with Crippen molar-refractivity contribution >= 4 is 23.2 Å². The van der Waals surface area contributed by atoms with Crippen LogP contribution in [0, 0.1) is 0 Å². The predicted molar refractivity (Wildman–Crippen MR) is 63.9 cm³/mol. The Bertz CT molecular complexity index is 577. The zero-order valence-corrected chi connectivity index (χ0v) is 10.2. The van der Waals surface area contributed by atoms with Crippen molar-refractivity contribution in [1.29, 1.82) is 0 Å². The first-order valence-electron chi connectivity index (χ1n) is 5.02. The molecule has 0 radical (unpaired) electrons. The molecule has 90 valence electrons. The number of amides is 1. The molecule has 0 atom stereocenters. The molecule has 0 fully saturated rings. The number of fused-ring (bicyclic) bond motifs is 1. The molecule has 1 amide bonds. The van der Waals surface area contributed by atoms with Crippen LogP contribution in [0.5, 0.6) is 0 Å². The topological polar surface area (TPSA) is 69.6 Å². The molecule has 0 spiro atoms. The van der Waals surface area contributed by atoms with E-state index in [0.29, 0.717) is 10.8 Å². The molecule has 6 heteroatoms. The van der Waals surface area contributed by atoms with Crippen LogP contribution in [-0.2, 0) is 10.3 Å². The van der Waals surface area contributed by atoms with E-state index in [1.165, 1.54) is 0 Å². The molecule has 0 saturated carbocycles. The summed E-state index contributed by atoms with van der Waals surface area (Å²) in [5, 5.41) is 0.584. The molecule has 0 aliphatic heterocycles. The van der Waals surface area contributed by atoms with Gasteiger partial charge >= 0.3 is 6.09 Å². The van der Waals surface area contributed by atoms with Crippen molar-refractivity contribution in [2.75, 3.05) is 0 Å². The number of halogens is 1. The summed E-state index contributed by atoms with van der Waals surface area (Å²) in [5.41, 5.74) is 4.88. The monoisotopic (exact) mass is 253 g/mol. The Morgan fingerprint density at radius 2 is 2.29 bits per heavy atom. The number of imidazole rings is 1. The lowest BCUT2D eigenvalue weighted by atomic mass is 10.1. The van der Waals surface area contributed by atoms with E-state index in [4.69, 9.17) is 22.1 Å². The number of hydrogen-bond donors (Lipinski definition) is 1. The van der Waals surface area contributed by atoms with Crippen LogP contribution in [0.25, 0.3) is 5.52 Å². The largest absolute Gasteiger partial charge is 0.435 e. The van der Waals surface area contributed by atoms with Crippen molar-refractivity contribution in [3.05, 3.63) is 35.4 Å². The van der Waals surface area contributed by atoms with Gasteiger partial charge in [-0.1, -0.05) is 11.6 Å². The Morgan fingerprint density at radius 3 is 2.94 bits per heavy atom. The molecule has 0 unspecified atom stereocenters. The van der Waals surface area contributed by atoms with Gasteiger partial charge in [-0.15, -0.1) is 0 Å². The molecule has 17 heavy (non-hydrogen) atoms. The lowest BCUT2D eigenvalue weighted by Gasteiger charge is -2.22. The number of carbonyl (C=O) groups excluding carboxylic acids is 1. The minimum Gasteiger partial charge on any atom is -0.435 e. The molecule has 2 aromatic rings. The first kappa shape index (κ1) is 11.7. The number of ether oxygens (including phenoxy) is 1. The number of hydrogen-bond acceptors (Lipinski definition) is 3. The highest BCUT2D eigenvalue weighted by molar-refractivity contribution is 6.33. The van der Waals surface area contributed by atoms with Crippen LogP contribution in [-0.4, -0.2) is 15.5 Å². The Hall–Kier alpha value is -1.75. The van der Waals surface area contributed by atoms with Crippen molar-refractivity contribution in [2.24, 2.45) is 5.73 Å². The maximum Gasteiger partial charge on any atom is 0.405 e. The first-order valence-corrected chi connectivity index (χ1v) is 5.40. The van der Waals surface area contributed by atoms with Crippen LogP contribution in [0.2, 0.25) is 5.02 Å². The van der Waals surface area contributed by atoms with E-state index in [2.05, 4.69) is 4.98 Å². The van der Waals surface area contributed by atoms with Crippen LogP contribution < -0.4 is 5.73 Å². The standard InChI is InChI=1S/C11H12ClN3O2/c1-11(2,17-10(13)16)9-14-6-8-7(12)4-3-5-15(8)9/h3-6H,1-2H3,(H2,13,16). The number of nitrogens with two attached hydrogens (primary N) is 1. The highest BCUT2D eigenvalue weighted by Gasteiger charge is 2.29. The predicted octanol–water partition coefficient (Wildman–Crippen LogP) is 2.32. The third-order valence-electron chi connectivity index (χ3n) is 2.41. The van der Waals surface area contributed by atoms with Crippen LogP contribution in [0.1, 0.15) is 19.7 Å². The van der Waals surface area contributed by atoms with E-state index in [0.717, 1.165) is 5.52 Å². The number of aromatic nitrogens is 2. The van der Waals surface area contributed by atoms with Gasteiger partial charge in [0.25, 0.3) is 0 Å². The Balaban J connectivity index is 2.56. The summed E-state index contributed by atoms with van der Waals surface area (Å²) in [7, 11) is 0. The fourth-order valence-electron chi connectivity index (χ4n) is 1.73. The maximum absolute atomic E-state index is 10.9. The van der Waals surface area contributed by atoms with Gasteiger partial charge in [0.05, 0.1) is 16.7 Å². The summed E-state index contributed by atoms with van der Waals surface area (Å²) in [5.74, 6) is 0.564. The van der Waals surface area contributed by atoms with Crippen molar-refractivity contribution in [2.45, 2.75) is 19.4 Å².